The van der Waals surface area contributed by atoms with E-state index >= 15 is 0 Å². The van der Waals surface area contributed by atoms with Gasteiger partial charge in [-0.25, -0.2) is 4.39 Å². The maximum atomic E-state index is 13.2. The molecule has 1 aromatic carbocycles. The SMILES string of the molecule is Nc1ccc(OC2CCC2)c(Cl)c1F. The molecule has 14 heavy (non-hydrogen) atoms. The average molecular weight is 216 g/mol. The van der Waals surface area contributed by atoms with Gasteiger partial charge in [-0.2, -0.15) is 0 Å². The molecule has 2 rings (SSSR count). The Balaban J connectivity index is 2.20. The van der Waals surface area contributed by atoms with Crippen molar-refractivity contribution < 1.29 is 9.13 Å². The van der Waals surface area contributed by atoms with Gasteiger partial charge < -0.3 is 10.5 Å². The molecule has 2 N–H and O–H groups in total. The molecular weight excluding hydrogens is 205 g/mol. The maximum absolute atomic E-state index is 13.2. The lowest BCUT2D eigenvalue weighted by Crippen LogP contribution is -2.24. The molecule has 1 saturated carbocycles. The monoisotopic (exact) mass is 215 g/mol. The summed E-state index contributed by atoms with van der Waals surface area (Å²) in [6, 6.07) is 3.08. The zero-order valence-electron chi connectivity index (χ0n) is 7.59. The van der Waals surface area contributed by atoms with Gasteiger partial charge in [-0.1, -0.05) is 11.6 Å². The van der Waals surface area contributed by atoms with E-state index in [4.69, 9.17) is 22.1 Å². The van der Waals surface area contributed by atoms with Crippen LogP contribution < -0.4 is 10.5 Å². The largest absolute Gasteiger partial charge is 0.489 e. The highest BCUT2D eigenvalue weighted by Gasteiger charge is 2.21. The smallest absolute Gasteiger partial charge is 0.168 e. The predicted molar refractivity (Wildman–Crippen MR) is 54.1 cm³/mol. The average Bonchev–Trinajstić information content (AvgIpc) is 2.10. The second-order valence-electron chi connectivity index (χ2n) is 3.45. The zero-order valence-corrected chi connectivity index (χ0v) is 8.35. The molecule has 0 saturated heterocycles. The highest BCUT2D eigenvalue weighted by molar-refractivity contribution is 6.32. The van der Waals surface area contributed by atoms with Crippen LogP contribution in [0.3, 0.4) is 0 Å². The standard InChI is InChI=1S/C10H11ClFNO/c11-9-8(14-6-2-1-3-6)5-4-7(13)10(9)12/h4-6H,1-3,13H2. The van der Waals surface area contributed by atoms with Crippen LogP contribution in [0.4, 0.5) is 10.1 Å². The molecule has 4 heteroatoms. The van der Waals surface area contributed by atoms with Gasteiger partial charge in [0.05, 0.1) is 11.8 Å². The molecule has 0 atom stereocenters. The summed E-state index contributed by atoms with van der Waals surface area (Å²) in [5.74, 6) is -0.202. The first-order valence-corrected chi connectivity index (χ1v) is 4.96. The van der Waals surface area contributed by atoms with Gasteiger partial charge >= 0.3 is 0 Å². The van der Waals surface area contributed by atoms with Crippen molar-refractivity contribution in [1.82, 2.24) is 0 Å². The first-order valence-electron chi connectivity index (χ1n) is 4.58. The number of nitrogens with two attached hydrogens (primary N) is 1. The number of hydrogen-bond acceptors (Lipinski definition) is 2. The fourth-order valence-electron chi connectivity index (χ4n) is 1.31. The van der Waals surface area contributed by atoms with E-state index in [2.05, 4.69) is 0 Å². The van der Waals surface area contributed by atoms with Crippen LogP contribution in [0.25, 0.3) is 0 Å². The molecule has 1 aliphatic carbocycles. The molecule has 2 nitrogen and oxygen atoms in total. The second kappa shape index (κ2) is 3.65. The topological polar surface area (TPSA) is 35.2 Å². The lowest BCUT2D eigenvalue weighted by Gasteiger charge is -2.26. The summed E-state index contributed by atoms with van der Waals surface area (Å²) < 4.78 is 18.7. The number of benzene rings is 1. The first-order chi connectivity index (χ1) is 6.68. The minimum absolute atomic E-state index is 0.0168. The molecule has 1 fully saturated rings. The summed E-state index contributed by atoms with van der Waals surface area (Å²) in [4.78, 5) is 0. The number of ether oxygens (including phenoxy) is 1. The van der Waals surface area contributed by atoms with Crippen molar-refractivity contribution in [3.05, 3.63) is 23.0 Å². The Bertz CT molecular complexity index is 352. The van der Waals surface area contributed by atoms with E-state index in [1.165, 1.54) is 12.5 Å². The summed E-state index contributed by atoms with van der Waals surface area (Å²) in [6.07, 6.45) is 3.39. The Morgan fingerprint density at radius 2 is 2.14 bits per heavy atom. The van der Waals surface area contributed by atoms with Crippen LogP contribution in [-0.4, -0.2) is 6.10 Å². The lowest BCUT2D eigenvalue weighted by atomic mass is 9.96. The van der Waals surface area contributed by atoms with Crippen LogP contribution in [0.5, 0.6) is 5.75 Å². The minimum Gasteiger partial charge on any atom is -0.489 e. The highest BCUT2D eigenvalue weighted by atomic mass is 35.5. The first kappa shape index (κ1) is 9.59. The molecule has 76 valence electrons. The van der Waals surface area contributed by atoms with E-state index in [0.29, 0.717) is 5.75 Å². The predicted octanol–water partition coefficient (Wildman–Crippen LogP) is 2.99. The summed E-state index contributed by atoms with van der Waals surface area (Å²) in [6.45, 7) is 0. The number of anilines is 1. The summed E-state index contributed by atoms with van der Waals surface area (Å²) in [7, 11) is 0. The third-order valence-corrected chi connectivity index (χ3v) is 2.77. The van der Waals surface area contributed by atoms with Gasteiger partial charge in [-0.15, -0.1) is 0 Å². The molecule has 1 aliphatic rings. The third kappa shape index (κ3) is 1.64. The molecule has 0 spiro atoms. The normalized spacial score (nSPS) is 16.4. The van der Waals surface area contributed by atoms with Crippen molar-refractivity contribution in [1.29, 1.82) is 0 Å². The van der Waals surface area contributed by atoms with Gasteiger partial charge in [0, 0.05) is 0 Å². The lowest BCUT2D eigenvalue weighted by molar-refractivity contribution is 0.120. The van der Waals surface area contributed by atoms with Crippen molar-refractivity contribution in [2.75, 3.05) is 5.73 Å². The number of halogens is 2. The Labute approximate surface area is 86.8 Å². The zero-order chi connectivity index (χ0) is 10.1. The number of hydrogen-bond donors (Lipinski definition) is 1. The van der Waals surface area contributed by atoms with Crippen molar-refractivity contribution in [2.24, 2.45) is 0 Å². The van der Waals surface area contributed by atoms with Crippen molar-refractivity contribution in [3.63, 3.8) is 0 Å². The van der Waals surface area contributed by atoms with E-state index in [0.717, 1.165) is 12.8 Å². The van der Waals surface area contributed by atoms with Crippen LogP contribution in [0.2, 0.25) is 5.02 Å². The summed E-state index contributed by atoms with van der Waals surface area (Å²) in [5, 5.41) is -0.0168. The Morgan fingerprint density at radius 3 is 2.71 bits per heavy atom. The number of nitrogen functional groups attached to an aromatic ring is 1. The van der Waals surface area contributed by atoms with E-state index < -0.39 is 5.82 Å². The fraction of sp³-hybridized carbons (Fsp3) is 0.400. The van der Waals surface area contributed by atoms with Gasteiger partial charge in [-0.05, 0) is 31.4 Å². The van der Waals surface area contributed by atoms with Crippen molar-refractivity contribution in [3.8, 4) is 5.75 Å². The number of rotatable bonds is 2. The van der Waals surface area contributed by atoms with Crippen molar-refractivity contribution >= 4 is 17.3 Å². The minimum atomic E-state index is -0.594. The van der Waals surface area contributed by atoms with Crippen LogP contribution >= 0.6 is 11.6 Å². The van der Waals surface area contributed by atoms with Crippen LogP contribution in [0, 0.1) is 5.82 Å². The summed E-state index contributed by atoms with van der Waals surface area (Å²) in [5.41, 5.74) is 5.40. The molecule has 0 unspecified atom stereocenters. The molecule has 0 heterocycles. The van der Waals surface area contributed by atoms with Gasteiger partial charge in [0.2, 0.25) is 0 Å². The fourth-order valence-corrected chi connectivity index (χ4v) is 1.52. The molecule has 0 aliphatic heterocycles. The molecule has 0 radical (unpaired) electrons. The van der Waals surface area contributed by atoms with Crippen LogP contribution in [0.15, 0.2) is 12.1 Å². The van der Waals surface area contributed by atoms with Gasteiger partial charge in [0.1, 0.15) is 10.8 Å². The quantitative estimate of drug-likeness (QED) is 0.770. The van der Waals surface area contributed by atoms with E-state index in [9.17, 15) is 4.39 Å². The van der Waals surface area contributed by atoms with Gasteiger partial charge in [-0.3, -0.25) is 0 Å². The maximum Gasteiger partial charge on any atom is 0.168 e. The van der Waals surface area contributed by atoms with E-state index in [1.54, 1.807) is 6.07 Å². The summed E-state index contributed by atoms with van der Waals surface area (Å²) >= 11 is 5.74. The molecule has 0 amide bonds. The van der Waals surface area contributed by atoms with E-state index in [1.807, 2.05) is 0 Å². The molecule has 0 aromatic heterocycles. The van der Waals surface area contributed by atoms with E-state index in [-0.39, 0.29) is 16.8 Å². The Morgan fingerprint density at radius 1 is 1.43 bits per heavy atom. The van der Waals surface area contributed by atoms with Crippen LogP contribution in [-0.2, 0) is 0 Å². The van der Waals surface area contributed by atoms with Crippen molar-refractivity contribution in [2.45, 2.75) is 25.4 Å². The highest BCUT2D eigenvalue weighted by Crippen LogP contribution is 2.34. The van der Waals surface area contributed by atoms with Crippen LogP contribution in [0.1, 0.15) is 19.3 Å². The molecular formula is C10H11ClFNO. The van der Waals surface area contributed by atoms with Gasteiger partial charge in [0.15, 0.2) is 5.82 Å². The molecule has 0 bridgehead atoms. The third-order valence-electron chi connectivity index (χ3n) is 2.42. The Kier molecular flexibility index (Phi) is 2.50. The second-order valence-corrected chi connectivity index (χ2v) is 3.83. The molecule has 1 aromatic rings. The Hall–Kier alpha value is -0.960. The van der Waals surface area contributed by atoms with Gasteiger partial charge in [0.25, 0.3) is 0 Å².